The monoisotopic (exact) mass is 612 g/mol. The molecule has 1 saturated heterocycles. The fourth-order valence-electron chi connectivity index (χ4n) is 5.32. The molecule has 0 N–H and O–H groups in total. The summed E-state index contributed by atoms with van der Waals surface area (Å²) in [5.74, 6) is 1.26. The summed E-state index contributed by atoms with van der Waals surface area (Å²) in [6.45, 7) is 8.89. The molecule has 4 aromatic rings. The number of nitrogens with zero attached hydrogens (tertiary/aromatic N) is 6. The molecule has 0 spiro atoms. The van der Waals surface area contributed by atoms with Gasteiger partial charge in [0, 0.05) is 66.3 Å². The van der Waals surface area contributed by atoms with E-state index < -0.39 is 4.92 Å². The molecule has 1 atom stereocenters. The first-order valence-electron chi connectivity index (χ1n) is 14.7. The second-order valence-corrected chi connectivity index (χ2v) is 12.3. The number of hydrogen-bond donors (Lipinski definition) is 0. The Kier molecular flexibility index (Phi) is 9.43. The van der Waals surface area contributed by atoms with Crippen LogP contribution >= 0.6 is 11.8 Å². The van der Waals surface area contributed by atoms with E-state index in [9.17, 15) is 19.7 Å². The third kappa shape index (κ3) is 6.83. The first kappa shape index (κ1) is 30.9. The fourth-order valence-corrected chi connectivity index (χ4v) is 6.21. The maximum Gasteiger partial charge on any atom is 0.273 e. The molecule has 1 aliphatic heterocycles. The van der Waals surface area contributed by atoms with Gasteiger partial charge in [-0.1, -0.05) is 65.4 Å². The van der Waals surface area contributed by atoms with Crippen LogP contribution in [-0.2, 0) is 4.79 Å². The first-order chi connectivity index (χ1) is 21.1. The molecule has 228 valence electrons. The number of aryl methyl sites for hydroxylation is 3. The Balaban J connectivity index is 1.18. The van der Waals surface area contributed by atoms with Gasteiger partial charge in [0.15, 0.2) is 11.0 Å². The zero-order chi connectivity index (χ0) is 31.4. The standard InChI is InChI=1S/C33H36N6O4S/c1-22-7-12-26(13-8-22)31-34-35-33(38(31)28-15-9-23(2)10-16-28)44-19-5-6-30(40)36-17-18-37(25(4)21-36)32(41)27-14-11-24(3)29(20-27)39(42)43/h7-16,20,25H,5-6,17-19,21H2,1-4H3. The van der Waals surface area contributed by atoms with Gasteiger partial charge in [-0.15, -0.1) is 10.2 Å². The first-order valence-corrected chi connectivity index (χ1v) is 15.7. The molecule has 3 aromatic carbocycles. The number of hydrogen-bond acceptors (Lipinski definition) is 7. The highest BCUT2D eigenvalue weighted by Crippen LogP contribution is 2.29. The Labute approximate surface area is 261 Å². The number of aromatic nitrogens is 3. The van der Waals surface area contributed by atoms with Crippen molar-refractivity contribution < 1.29 is 14.5 Å². The lowest BCUT2D eigenvalue weighted by atomic mass is 10.1. The van der Waals surface area contributed by atoms with Crippen LogP contribution in [0.5, 0.6) is 0 Å². The number of thioether (sulfide) groups is 1. The van der Waals surface area contributed by atoms with Gasteiger partial charge in [0.2, 0.25) is 5.91 Å². The van der Waals surface area contributed by atoms with Crippen molar-refractivity contribution in [3.63, 3.8) is 0 Å². The Morgan fingerprint density at radius 2 is 1.64 bits per heavy atom. The molecule has 5 rings (SSSR count). The highest BCUT2D eigenvalue weighted by Gasteiger charge is 2.31. The predicted molar refractivity (Wildman–Crippen MR) is 171 cm³/mol. The Morgan fingerprint density at radius 1 is 0.955 bits per heavy atom. The third-order valence-corrected chi connectivity index (χ3v) is 8.91. The van der Waals surface area contributed by atoms with Crippen molar-refractivity contribution in [2.45, 2.75) is 51.7 Å². The molecule has 10 nitrogen and oxygen atoms in total. The van der Waals surface area contributed by atoms with E-state index in [0.29, 0.717) is 43.8 Å². The molecule has 11 heteroatoms. The maximum absolute atomic E-state index is 13.2. The molecule has 1 aliphatic rings. The van der Waals surface area contributed by atoms with Crippen molar-refractivity contribution in [2.75, 3.05) is 25.4 Å². The van der Waals surface area contributed by atoms with Crippen molar-refractivity contribution in [3.8, 4) is 17.1 Å². The van der Waals surface area contributed by atoms with Gasteiger partial charge in [0.05, 0.1) is 4.92 Å². The molecule has 1 fully saturated rings. The van der Waals surface area contributed by atoms with E-state index in [0.717, 1.165) is 22.2 Å². The van der Waals surface area contributed by atoms with Crippen LogP contribution in [0, 0.1) is 30.9 Å². The van der Waals surface area contributed by atoms with Crippen molar-refractivity contribution >= 4 is 29.3 Å². The Morgan fingerprint density at radius 3 is 2.30 bits per heavy atom. The molecular formula is C33H36N6O4S. The lowest BCUT2D eigenvalue weighted by Gasteiger charge is -2.40. The number of nitro groups is 1. The van der Waals surface area contributed by atoms with E-state index >= 15 is 0 Å². The third-order valence-electron chi connectivity index (χ3n) is 7.90. The van der Waals surface area contributed by atoms with Crippen LogP contribution < -0.4 is 0 Å². The van der Waals surface area contributed by atoms with Crippen molar-refractivity contribution in [2.24, 2.45) is 0 Å². The van der Waals surface area contributed by atoms with E-state index in [-0.39, 0.29) is 29.1 Å². The molecular weight excluding hydrogens is 576 g/mol. The minimum Gasteiger partial charge on any atom is -0.339 e. The molecule has 0 radical (unpaired) electrons. The fraction of sp³-hybridized carbons (Fsp3) is 0.333. The Hall–Kier alpha value is -4.51. The van der Waals surface area contributed by atoms with Gasteiger partial charge in [-0.2, -0.15) is 0 Å². The van der Waals surface area contributed by atoms with Crippen LogP contribution in [0.3, 0.4) is 0 Å². The topological polar surface area (TPSA) is 114 Å². The average Bonchev–Trinajstić information content (AvgIpc) is 3.43. The number of carbonyl (C=O) groups is 2. The van der Waals surface area contributed by atoms with Gasteiger partial charge in [-0.3, -0.25) is 24.3 Å². The average molecular weight is 613 g/mol. The maximum atomic E-state index is 13.2. The number of amides is 2. The van der Waals surface area contributed by atoms with Crippen LogP contribution in [0.4, 0.5) is 5.69 Å². The van der Waals surface area contributed by atoms with Gasteiger partial charge in [-0.05, 0) is 52.3 Å². The SMILES string of the molecule is Cc1ccc(-c2nnc(SCCCC(=O)N3CCN(C(=O)c4ccc(C)c([N+](=O)[O-])c4)C(C)C3)n2-c2ccc(C)cc2)cc1. The summed E-state index contributed by atoms with van der Waals surface area (Å²) in [6.07, 6.45) is 1.06. The van der Waals surface area contributed by atoms with E-state index in [1.807, 2.05) is 6.92 Å². The summed E-state index contributed by atoms with van der Waals surface area (Å²) in [5.41, 5.74) is 5.04. The molecule has 2 amide bonds. The summed E-state index contributed by atoms with van der Waals surface area (Å²) in [5, 5.41) is 21.1. The van der Waals surface area contributed by atoms with Gasteiger partial charge < -0.3 is 9.80 Å². The molecule has 1 unspecified atom stereocenters. The normalized spacial score (nSPS) is 15.0. The van der Waals surface area contributed by atoms with Crippen LogP contribution in [0.25, 0.3) is 17.1 Å². The van der Waals surface area contributed by atoms with Crippen molar-refractivity contribution in [1.29, 1.82) is 0 Å². The van der Waals surface area contributed by atoms with E-state index in [2.05, 4.69) is 77.1 Å². The lowest BCUT2D eigenvalue weighted by molar-refractivity contribution is -0.385. The van der Waals surface area contributed by atoms with Gasteiger partial charge >= 0.3 is 0 Å². The van der Waals surface area contributed by atoms with Gasteiger partial charge in [0.25, 0.3) is 11.6 Å². The van der Waals surface area contributed by atoms with Crippen molar-refractivity contribution in [3.05, 3.63) is 99.1 Å². The van der Waals surface area contributed by atoms with Crippen LogP contribution in [-0.4, -0.2) is 72.7 Å². The summed E-state index contributed by atoms with van der Waals surface area (Å²) >= 11 is 1.58. The van der Waals surface area contributed by atoms with Gasteiger partial charge in [0.1, 0.15) is 0 Å². The zero-order valence-corrected chi connectivity index (χ0v) is 26.2. The van der Waals surface area contributed by atoms with Crippen molar-refractivity contribution in [1.82, 2.24) is 24.6 Å². The zero-order valence-electron chi connectivity index (χ0n) is 25.4. The van der Waals surface area contributed by atoms with Gasteiger partial charge in [-0.25, -0.2) is 0 Å². The number of benzene rings is 3. The molecule has 44 heavy (non-hydrogen) atoms. The predicted octanol–water partition coefficient (Wildman–Crippen LogP) is 6.01. The molecule has 0 aliphatic carbocycles. The summed E-state index contributed by atoms with van der Waals surface area (Å²) in [4.78, 5) is 40.6. The quantitative estimate of drug-likeness (QED) is 0.0984. The van der Waals surface area contributed by atoms with E-state index in [1.165, 1.54) is 17.2 Å². The Bertz CT molecular complexity index is 1670. The second-order valence-electron chi connectivity index (χ2n) is 11.2. The second kappa shape index (κ2) is 13.4. The van der Waals surface area contributed by atoms with E-state index in [4.69, 9.17) is 0 Å². The number of rotatable bonds is 9. The smallest absolute Gasteiger partial charge is 0.273 e. The molecule has 2 heterocycles. The lowest BCUT2D eigenvalue weighted by Crippen LogP contribution is -2.55. The summed E-state index contributed by atoms with van der Waals surface area (Å²) in [7, 11) is 0. The highest BCUT2D eigenvalue weighted by atomic mass is 32.2. The molecule has 1 aromatic heterocycles. The molecule has 0 bridgehead atoms. The largest absolute Gasteiger partial charge is 0.339 e. The van der Waals surface area contributed by atoms with Crippen LogP contribution in [0.15, 0.2) is 71.9 Å². The number of carbonyl (C=O) groups excluding carboxylic acids is 2. The number of nitro benzene ring substituents is 1. The molecule has 0 saturated carbocycles. The van der Waals surface area contributed by atoms with Crippen LogP contribution in [0.2, 0.25) is 0 Å². The number of piperazine rings is 1. The van der Waals surface area contributed by atoms with Crippen LogP contribution in [0.1, 0.15) is 46.8 Å². The van der Waals surface area contributed by atoms with E-state index in [1.54, 1.807) is 40.6 Å². The summed E-state index contributed by atoms with van der Waals surface area (Å²) < 4.78 is 2.07. The minimum atomic E-state index is -0.472. The minimum absolute atomic E-state index is 0.0517. The highest BCUT2D eigenvalue weighted by molar-refractivity contribution is 7.99. The summed E-state index contributed by atoms with van der Waals surface area (Å²) in [6, 6.07) is 20.8.